The van der Waals surface area contributed by atoms with E-state index in [1.807, 2.05) is 13.8 Å². The molecular weight excluding hydrogens is 384 g/mol. The van der Waals surface area contributed by atoms with Gasteiger partial charge in [0.05, 0.1) is 16.3 Å². The largest absolute Gasteiger partial charge is 0.302 e. The molecule has 1 aliphatic rings. The Kier molecular flexibility index (Phi) is 4.49. The van der Waals surface area contributed by atoms with Crippen LogP contribution in [0.1, 0.15) is 29.6 Å². The third-order valence-corrected chi connectivity index (χ3v) is 7.13. The first-order valence-electron chi connectivity index (χ1n) is 8.92. The molecule has 0 saturated carbocycles. The van der Waals surface area contributed by atoms with Crippen molar-refractivity contribution in [3.8, 4) is 0 Å². The third kappa shape index (κ3) is 2.94. The van der Waals surface area contributed by atoms with Crippen LogP contribution < -0.4 is 0 Å². The minimum Gasteiger partial charge on any atom is -0.302 e. The Balaban J connectivity index is 2.03. The van der Waals surface area contributed by atoms with Gasteiger partial charge in [0.1, 0.15) is 4.90 Å². The van der Waals surface area contributed by atoms with Crippen molar-refractivity contribution in [3.63, 3.8) is 0 Å². The van der Waals surface area contributed by atoms with Gasteiger partial charge in [-0.05, 0) is 38.6 Å². The number of benzene rings is 1. The van der Waals surface area contributed by atoms with E-state index >= 15 is 0 Å². The first-order valence-corrected chi connectivity index (χ1v) is 10.8. The van der Waals surface area contributed by atoms with Crippen molar-refractivity contribution < 1.29 is 8.42 Å². The molecule has 3 heterocycles. The van der Waals surface area contributed by atoms with Crippen molar-refractivity contribution in [1.82, 2.24) is 19.5 Å². The van der Waals surface area contributed by atoms with Crippen LogP contribution in [-0.2, 0) is 29.2 Å². The summed E-state index contributed by atoms with van der Waals surface area (Å²) >= 11 is 6.03. The van der Waals surface area contributed by atoms with Crippen LogP contribution in [0.3, 0.4) is 0 Å². The van der Waals surface area contributed by atoms with E-state index in [2.05, 4.69) is 22.0 Å². The van der Waals surface area contributed by atoms with E-state index in [-0.39, 0.29) is 9.79 Å². The molecule has 8 heteroatoms. The van der Waals surface area contributed by atoms with Gasteiger partial charge < -0.3 is 4.90 Å². The number of aromatic nitrogens is 3. The fraction of sp³-hybridized carbons (Fsp3) is 0.368. The number of hydrogen-bond donors (Lipinski definition) is 0. The predicted octanol–water partition coefficient (Wildman–Crippen LogP) is 3.07. The molecule has 0 saturated heterocycles. The van der Waals surface area contributed by atoms with E-state index < -0.39 is 9.84 Å². The second-order valence-electron chi connectivity index (χ2n) is 6.94. The highest BCUT2D eigenvalue weighted by Crippen LogP contribution is 2.32. The van der Waals surface area contributed by atoms with Crippen molar-refractivity contribution in [1.29, 1.82) is 0 Å². The predicted molar refractivity (Wildman–Crippen MR) is 104 cm³/mol. The molecule has 0 aliphatic carbocycles. The summed E-state index contributed by atoms with van der Waals surface area (Å²) in [4.78, 5) is 7.26. The number of nitrogens with zero attached hydrogens (tertiary/aromatic N) is 4. The zero-order valence-electron chi connectivity index (χ0n) is 15.5. The number of likely N-dealkylation sites (N-methyl/N-ethyl adjacent to an activating group) is 1. The van der Waals surface area contributed by atoms with Crippen LogP contribution in [0.15, 0.2) is 34.1 Å². The van der Waals surface area contributed by atoms with Crippen LogP contribution in [0.2, 0.25) is 5.02 Å². The van der Waals surface area contributed by atoms with Crippen LogP contribution in [0.5, 0.6) is 0 Å². The van der Waals surface area contributed by atoms with Crippen LogP contribution in [0, 0.1) is 6.92 Å². The molecule has 4 rings (SSSR count). The lowest BCUT2D eigenvalue weighted by molar-refractivity contribution is 0.306. The zero-order valence-corrected chi connectivity index (χ0v) is 17.1. The van der Waals surface area contributed by atoms with Gasteiger partial charge in [-0.15, -0.1) is 0 Å². The molecule has 1 aliphatic heterocycles. The Morgan fingerprint density at radius 2 is 2.07 bits per heavy atom. The minimum absolute atomic E-state index is 0.163. The third-order valence-electron chi connectivity index (χ3n) is 5.07. The van der Waals surface area contributed by atoms with E-state index in [1.165, 1.54) is 6.07 Å². The van der Waals surface area contributed by atoms with Gasteiger partial charge in [0, 0.05) is 35.8 Å². The molecule has 2 aromatic heterocycles. The number of rotatable bonds is 3. The number of hydrogen-bond acceptors (Lipinski definition) is 5. The Bertz CT molecular complexity index is 1150. The summed E-state index contributed by atoms with van der Waals surface area (Å²) in [6.07, 6.45) is 1.32. The molecule has 1 aromatic carbocycles. The number of aryl methyl sites for hydroxylation is 2. The van der Waals surface area contributed by atoms with E-state index in [1.54, 1.807) is 22.7 Å². The summed E-state index contributed by atoms with van der Waals surface area (Å²) in [5.74, 6) is 0. The molecule has 0 atom stereocenters. The summed E-state index contributed by atoms with van der Waals surface area (Å²) in [6.45, 7) is 5.54. The van der Waals surface area contributed by atoms with Gasteiger partial charge in [-0.1, -0.05) is 24.6 Å². The Hall–Kier alpha value is -1.96. The fourth-order valence-corrected chi connectivity index (χ4v) is 5.55. The highest BCUT2D eigenvalue weighted by Gasteiger charge is 2.30. The lowest BCUT2D eigenvalue weighted by Crippen LogP contribution is -2.29. The molecule has 0 amide bonds. The van der Waals surface area contributed by atoms with Gasteiger partial charge in [0.15, 0.2) is 5.65 Å². The minimum atomic E-state index is -3.78. The average molecular weight is 405 g/mol. The van der Waals surface area contributed by atoms with Crippen molar-refractivity contribution in [2.45, 2.75) is 43.0 Å². The van der Waals surface area contributed by atoms with E-state index in [0.29, 0.717) is 22.8 Å². The normalized spacial score (nSPS) is 15.3. The van der Waals surface area contributed by atoms with Crippen LogP contribution in [0.25, 0.3) is 5.65 Å². The highest BCUT2D eigenvalue weighted by atomic mass is 35.5. The van der Waals surface area contributed by atoms with Gasteiger partial charge in [-0.2, -0.15) is 5.10 Å². The second kappa shape index (κ2) is 6.58. The molecule has 0 bridgehead atoms. The maximum Gasteiger partial charge on any atom is 0.212 e. The van der Waals surface area contributed by atoms with Gasteiger partial charge >= 0.3 is 0 Å². The molecule has 0 N–H and O–H groups in total. The van der Waals surface area contributed by atoms with Crippen molar-refractivity contribution in [3.05, 3.63) is 51.9 Å². The van der Waals surface area contributed by atoms with E-state index in [4.69, 9.17) is 11.6 Å². The zero-order chi connectivity index (χ0) is 19.3. The molecule has 0 radical (unpaired) electrons. The van der Waals surface area contributed by atoms with Gasteiger partial charge in [-0.3, -0.25) is 0 Å². The topological polar surface area (TPSA) is 67.6 Å². The maximum atomic E-state index is 13.4. The standard InChI is InChI=1S/C19H21ClN4O2S/c1-4-16-18(27(25,26)14-7-5-6-13(20)10-14)19-21-12(2)15-11-23(3)9-8-17(15)24(19)22-16/h5-7,10H,4,8-9,11H2,1-3H3. The molecule has 27 heavy (non-hydrogen) atoms. The lowest BCUT2D eigenvalue weighted by Gasteiger charge is -2.26. The van der Waals surface area contributed by atoms with Crippen LogP contribution >= 0.6 is 11.6 Å². The van der Waals surface area contributed by atoms with Crippen LogP contribution in [0.4, 0.5) is 0 Å². The van der Waals surface area contributed by atoms with E-state index in [0.717, 1.165) is 36.5 Å². The molecule has 0 spiro atoms. The summed E-state index contributed by atoms with van der Waals surface area (Å²) in [7, 11) is -1.71. The summed E-state index contributed by atoms with van der Waals surface area (Å²) in [5.41, 5.74) is 3.99. The molecule has 142 valence electrons. The van der Waals surface area contributed by atoms with Gasteiger partial charge in [0.2, 0.25) is 9.84 Å². The second-order valence-corrected chi connectivity index (χ2v) is 9.26. The quantitative estimate of drug-likeness (QED) is 0.671. The summed E-state index contributed by atoms with van der Waals surface area (Å²) in [5, 5.41) is 5.03. The van der Waals surface area contributed by atoms with Crippen molar-refractivity contribution >= 4 is 27.1 Å². The van der Waals surface area contributed by atoms with Gasteiger partial charge in [-0.25, -0.2) is 17.9 Å². The van der Waals surface area contributed by atoms with Gasteiger partial charge in [0.25, 0.3) is 0 Å². The first kappa shape index (κ1) is 18.4. The molecule has 0 fully saturated rings. The first-order chi connectivity index (χ1) is 12.8. The molecular formula is C19H21ClN4O2S. The number of fused-ring (bicyclic) bond motifs is 3. The molecule has 3 aromatic rings. The smallest absolute Gasteiger partial charge is 0.212 e. The summed E-state index contributed by atoms with van der Waals surface area (Å²) in [6, 6.07) is 6.33. The monoisotopic (exact) mass is 404 g/mol. The fourth-order valence-electron chi connectivity index (χ4n) is 3.65. The Labute approximate surface area is 163 Å². The average Bonchev–Trinajstić information content (AvgIpc) is 3.01. The van der Waals surface area contributed by atoms with Crippen molar-refractivity contribution in [2.24, 2.45) is 0 Å². The molecule has 6 nitrogen and oxygen atoms in total. The molecule has 0 unspecified atom stereocenters. The Morgan fingerprint density at radius 3 is 2.78 bits per heavy atom. The van der Waals surface area contributed by atoms with Crippen LogP contribution in [-0.4, -0.2) is 41.5 Å². The number of sulfone groups is 1. The number of halogens is 1. The maximum absolute atomic E-state index is 13.4. The highest BCUT2D eigenvalue weighted by molar-refractivity contribution is 7.91. The Morgan fingerprint density at radius 1 is 1.30 bits per heavy atom. The SMILES string of the molecule is CCc1nn2c3c(c(C)nc2c1S(=O)(=O)c1cccc(Cl)c1)CN(C)CC3. The summed E-state index contributed by atoms with van der Waals surface area (Å²) < 4.78 is 28.6. The lowest BCUT2D eigenvalue weighted by atomic mass is 10.0. The van der Waals surface area contributed by atoms with Crippen molar-refractivity contribution in [2.75, 3.05) is 13.6 Å². The van der Waals surface area contributed by atoms with E-state index in [9.17, 15) is 8.42 Å².